The first-order chi connectivity index (χ1) is 11.4. The van der Waals surface area contributed by atoms with Crippen LogP contribution < -0.4 is 16.0 Å². The molecule has 0 aliphatic rings. The van der Waals surface area contributed by atoms with E-state index in [-0.39, 0.29) is 17.9 Å². The Hall–Kier alpha value is -2.13. The van der Waals surface area contributed by atoms with Crippen LogP contribution in [0.25, 0.3) is 0 Å². The highest BCUT2D eigenvalue weighted by Crippen LogP contribution is 2.28. The Labute approximate surface area is 148 Å². The van der Waals surface area contributed by atoms with Crippen LogP contribution in [0.4, 0.5) is 16.5 Å². The summed E-state index contributed by atoms with van der Waals surface area (Å²) in [6.45, 7) is 5.30. The lowest BCUT2D eigenvalue weighted by atomic mass is 10.3. The summed E-state index contributed by atoms with van der Waals surface area (Å²) >= 11 is 2.72. The third-order valence-electron chi connectivity index (χ3n) is 2.62. The first-order valence-corrected chi connectivity index (χ1v) is 9.13. The van der Waals surface area contributed by atoms with Crippen molar-refractivity contribution in [2.45, 2.75) is 31.2 Å². The minimum absolute atomic E-state index is 0.0253. The summed E-state index contributed by atoms with van der Waals surface area (Å²) in [6, 6.07) is 7.45. The van der Waals surface area contributed by atoms with Gasteiger partial charge in [0, 0.05) is 24.3 Å². The van der Waals surface area contributed by atoms with E-state index in [4.69, 9.17) is 0 Å². The van der Waals surface area contributed by atoms with Gasteiger partial charge in [-0.1, -0.05) is 29.2 Å². The van der Waals surface area contributed by atoms with Gasteiger partial charge in [-0.25, -0.2) is 0 Å². The van der Waals surface area contributed by atoms with Gasteiger partial charge in [-0.15, -0.1) is 10.2 Å². The number of anilines is 3. The Morgan fingerprint density at radius 1 is 1.25 bits per heavy atom. The number of hydrogen-bond donors (Lipinski definition) is 3. The van der Waals surface area contributed by atoms with Crippen LogP contribution in [-0.2, 0) is 9.59 Å². The number of rotatable bonds is 7. The van der Waals surface area contributed by atoms with Gasteiger partial charge in [-0.2, -0.15) is 0 Å². The average Bonchev–Trinajstić information content (AvgIpc) is 2.91. The second kappa shape index (κ2) is 8.65. The average molecular weight is 365 g/mol. The lowest BCUT2D eigenvalue weighted by Crippen LogP contribution is -2.31. The van der Waals surface area contributed by atoms with E-state index in [0.717, 1.165) is 10.0 Å². The summed E-state index contributed by atoms with van der Waals surface area (Å²) < 4.78 is 0.717. The van der Waals surface area contributed by atoms with Crippen LogP contribution in [0.2, 0.25) is 0 Å². The van der Waals surface area contributed by atoms with Gasteiger partial charge in [0.05, 0.1) is 5.75 Å². The number of benzene rings is 1. The molecule has 3 N–H and O–H groups in total. The molecule has 0 radical (unpaired) electrons. The summed E-state index contributed by atoms with van der Waals surface area (Å²) in [6.07, 6.45) is 0. The van der Waals surface area contributed by atoms with Crippen molar-refractivity contribution in [2.24, 2.45) is 0 Å². The zero-order chi connectivity index (χ0) is 17.5. The Balaban J connectivity index is 1.91. The fourth-order valence-electron chi connectivity index (χ4n) is 1.81. The summed E-state index contributed by atoms with van der Waals surface area (Å²) in [7, 11) is 0. The van der Waals surface area contributed by atoms with Crippen molar-refractivity contribution in [2.75, 3.05) is 16.4 Å². The molecule has 0 fully saturated rings. The van der Waals surface area contributed by atoms with Crippen LogP contribution in [0.15, 0.2) is 28.6 Å². The molecule has 9 heteroatoms. The molecular weight excluding hydrogens is 346 g/mol. The van der Waals surface area contributed by atoms with Crippen LogP contribution in [0, 0.1) is 0 Å². The van der Waals surface area contributed by atoms with Crippen molar-refractivity contribution in [1.82, 2.24) is 15.5 Å². The normalized spacial score (nSPS) is 10.5. The molecule has 0 aliphatic carbocycles. The van der Waals surface area contributed by atoms with Crippen LogP contribution in [0.1, 0.15) is 20.8 Å². The smallest absolute Gasteiger partial charge is 0.230 e. The summed E-state index contributed by atoms with van der Waals surface area (Å²) in [5.41, 5.74) is 1.50. The minimum atomic E-state index is -0.124. The largest absolute Gasteiger partial charge is 0.353 e. The number of carbonyl (C=O) groups excluding carboxylic acids is 2. The first kappa shape index (κ1) is 18.2. The topological polar surface area (TPSA) is 96.0 Å². The van der Waals surface area contributed by atoms with E-state index in [9.17, 15) is 9.59 Å². The number of thioether (sulfide) groups is 1. The number of aromatic nitrogens is 2. The predicted molar refractivity (Wildman–Crippen MR) is 97.9 cm³/mol. The third kappa shape index (κ3) is 6.17. The predicted octanol–water partition coefficient (Wildman–Crippen LogP) is 2.86. The highest BCUT2D eigenvalue weighted by Gasteiger charge is 2.09. The van der Waals surface area contributed by atoms with Crippen molar-refractivity contribution in [3.05, 3.63) is 24.3 Å². The molecule has 0 saturated heterocycles. The molecule has 0 spiro atoms. The van der Waals surface area contributed by atoms with E-state index in [0.29, 0.717) is 16.6 Å². The molecule has 2 aromatic rings. The second-order valence-electron chi connectivity index (χ2n) is 5.27. The number of amides is 2. The van der Waals surface area contributed by atoms with Crippen molar-refractivity contribution in [3.8, 4) is 0 Å². The van der Waals surface area contributed by atoms with Crippen LogP contribution >= 0.6 is 23.1 Å². The monoisotopic (exact) mass is 365 g/mol. The molecule has 2 rings (SSSR count). The highest BCUT2D eigenvalue weighted by molar-refractivity contribution is 8.01. The standard InChI is InChI=1S/C15H19N5O2S2/c1-9(2)16-13(22)8-23-15-20-19-14(24-15)18-12-6-4-5-11(7-12)17-10(3)21/h4-7,9H,8H2,1-3H3,(H,16,22)(H,17,21)(H,18,19). The molecular formula is C15H19N5O2S2. The fraction of sp³-hybridized carbons (Fsp3) is 0.333. The van der Waals surface area contributed by atoms with Gasteiger partial charge < -0.3 is 16.0 Å². The molecule has 24 heavy (non-hydrogen) atoms. The number of carbonyl (C=O) groups is 2. The van der Waals surface area contributed by atoms with Gasteiger partial charge >= 0.3 is 0 Å². The molecule has 0 saturated carbocycles. The van der Waals surface area contributed by atoms with Crippen LogP contribution in [0.5, 0.6) is 0 Å². The Morgan fingerprint density at radius 3 is 2.71 bits per heavy atom. The third-order valence-corrected chi connectivity index (χ3v) is 4.59. The van der Waals surface area contributed by atoms with E-state index < -0.39 is 0 Å². The molecule has 0 unspecified atom stereocenters. The van der Waals surface area contributed by atoms with E-state index in [1.165, 1.54) is 30.0 Å². The second-order valence-corrected chi connectivity index (χ2v) is 7.47. The van der Waals surface area contributed by atoms with E-state index in [1.807, 2.05) is 32.0 Å². The zero-order valence-corrected chi connectivity index (χ0v) is 15.3. The zero-order valence-electron chi connectivity index (χ0n) is 13.6. The SMILES string of the molecule is CC(=O)Nc1cccc(Nc2nnc(SCC(=O)NC(C)C)s2)c1. The number of nitrogens with zero attached hydrogens (tertiary/aromatic N) is 2. The Morgan fingerprint density at radius 2 is 2.00 bits per heavy atom. The Bertz CT molecular complexity index is 717. The fourth-order valence-corrected chi connectivity index (χ4v) is 3.39. The van der Waals surface area contributed by atoms with E-state index >= 15 is 0 Å². The summed E-state index contributed by atoms with van der Waals surface area (Å²) in [5, 5.41) is 17.4. The van der Waals surface area contributed by atoms with Crippen molar-refractivity contribution >= 4 is 51.4 Å². The molecule has 0 aliphatic heterocycles. The summed E-state index contributed by atoms with van der Waals surface area (Å²) in [4.78, 5) is 22.7. The van der Waals surface area contributed by atoms with Crippen LogP contribution in [0.3, 0.4) is 0 Å². The molecule has 128 valence electrons. The number of nitrogens with one attached hydrogen (secondary N) is 3. The van der Waals surface area contributed by atoms with Gasteiger partial charge in [0.15, 0.2) is 4.34 Å². The van der Waals surface area contributed by atoms with Crippen molar-refractivity contribution in [1.29, 1.82) is 0 Å². The number of hydrogen-bond acceptors (Lipinski definition) is 7. The van der Waals surface area contributed by atoms with Crippen LogP contribution in [-0.4, -0.2) is 33.8 Å². The summed E-state index contributed by atoms with van der Waals surface area (Å²) in [5.74, 6) is 0.161. The first-order valence-electron chi connectivity index (χ1n) is 7.32. The Kier molecular flexibility index (Phi) is 6.56. The van der Waals surface area contributed by atoms with Crippen molar-refractivity contribution < 1.29 is 9.59 Å². The molecule has 1 aromatic carbocycles. The highest BCUT2D eigenvalue weighted by atomic mass is 32.2. The maximum atomic E-state index is 11.6. The van der Waals surface area contributed by atoms with Gasteiger partial charge in [-0.3, -0.25) is 9.59 Å². The van der Waals surface area contributed by atoms with E-state index in [2.05, 4.69) is 26.1 Å². The van der Waals surface area contributed by atoms with Gasteiger partial charge in [-0.05, 0) is 32.0 Å². The lowest BCUT2D eigenvalue weighted by Gasteiger charge is -2.06. The minimum Gasteiger partial charge on any atom is -0.353 e. The van der Waals surface area contributed by atoms with Gasteiger partial charge in [0.1, 0.15) is 0 Å². The molecule has 2 amide bonds. The maximum absolute atomic E-state index is 11.6. The van der Waals surface area contributed by atoms with Gasteiger partial charge in [0.2, 0.25) is 16.9 Å². The molecule has 1 heterocycles. The van der Waals surface area contributed by atoms with Gasteiger partial charge in [0.25, 0.3) is 0 Å². The van der Waals surface area contributed by atoms with E-state index in [1.54, 1.807) is 6.07 Å². The lowest BCUT2D eigenvalue weighted by molar-refractivity contribution is -0.119. The molecule has 0 atom stereocenters. The van der Waals surface area contributed by atoms with Crippen molar-refractivity contribution in [3.63, 3.8) is 0 Å². The molecule has 7 nitrogen and oxygen atoms in total. The molecule has 1 aromatic heterocycles. The quantitative estimate of drug-likeness (QED) is 0.653. The maximum Gasteiger partial charge on any atom is 0.230 e. The molecule has 0 bridgehead atoms.